The van der Waals surface area contributed by atoms with Gasteiger partial charge in [-0.3, -0.25) is 9.36 Å². The van der Waals surface area contributed by atoms with Crippen LogP contribution in [0.1, 0.15) is 11.1 Å². The Morgan fingerprint density at radius 3 is 2.80 bits per heavy atom. The first-order valence-corrected chi connectivity index (χ1v) is 11.1. The molecule has 1 N–H and O–H groups in total. The largest absolute Gasteiger partial charge is 0.497 e. The van der Waals surface area contributed by atoms with E-state index in [-0.39, 0.29) is 11.7 Å². The molecule has 0 bridgehead atoms. The summed E-state index contributed by atoms with van der Waals surface area (Å²) in [5, 5.41) is 12.3. The number of carbonyl (C=O) groups is 1. The number of ether oxygens (including phenoxy) is 1. The van der Waals surface area contributed by atoms with Crippen LogP contribution in [0.3, 0.4) is 0 Å². The Bertz CT molecular complexity index is 1080. The van der Waals surface area contributed by atoms with Crippen molar-refractivity contribution in [1.82, 2.24) is 14.8 Å². The third kappa shape index (κ3) is 4.94. The molecule has 1 aromatic heterocycles. The van der Waals surface area contributed by atoms with Crippen molar-refractivity contribution in [3.05, 3.63) is 64.7 Å². The number of carbonyl (C=O) groups excluding carboxylic acids is 1. The number of thioether (sulfide) groups is 1. The number of halogens is 1. The first-order chi connectivity index (χ1) is 14.4. The molecule has 0 aliphatic rings. The molecule has 156 valence electrons. The summed E-state index contributed by atoms with van der Waals surface area (Å²) in [4.78, 5) is 12.5. The first-order valence-electron chi connectivity index (χ1n) is 9.31. The molecule has 0 saturated carbocycles. The highest BCUT2D eigenvalue weighted by atomic mass is 79.9. The Labute approximate surface area is 188 Å². The van der Waals surface area contributed by atoms with Crippen molar-refractivity contribution in [2.45, 2.75) is 25.5 Å². The van der Waals surface area contributed by atoms with Gasteiger partial charge in [-0.25, -0.2) is 0 Å². The summed E-state index contributed by atoms with van der Waals surface area (Å²) in [5.41, 5.74) is 3.85. The minimum absolute atomic E-state index is 0.0964. The van der Waals surface area contributed by atoms with E-state index in [4.69, 9.17) is 4.74 Å². The zero-order valence-corrected chi connectivity index (χ0v) is 19.5. The molecule has 0 aliphatic carbocycles. The molecule has 0 atom stereocenters. The molecule has 8 heteroatoms. The lowest BCUT2D eigenvalue weighted by molar-refractivity contribution is -0.113. The quantitative estimate of drug-likeness (QED) is 0.347. The molecular formula is C22H23BrN4O2S. The molecule has 3 rings (SSSR count). The average molecular weight is 487 g/mol. The smallest absolute Gasteiger partial charge is 0.234 e. The van der Waals surface area contributed by atoms with Gasteiger partial charge in [-0.05, 0) is 49.2 Å². The molecule has 0 fully saturated rings. The van der Waals surface area contributed by atoms with Crippen LogP contribution in [0, 0.1) is 13.8 Å². The zero-order valence-electron chi connectivity index (χ0n) is 17.1. The molecule has 3 aromatic rings. The molecular weight excluding hydrogens is 464 g/mol. The lowest BCUT2D eigenvalue weighted by Gasteiger charge is -2.12. The second kappa shape index (κ2) is 9.95. The number of rotatable bonds is 8. The van der Waals surface area contributed by atoms with Crippen LogP contribution in [0.5, 0.6) is 5.75 Å². The standard InChI is InChI=1S/C22H23BrN4O2S/c1-5-11-27-21(16-7-6-8-17(12-16)29-4)25-26-22(27)30-13-20(28)24-19-10-9-18(23)14(2)15(19)3/h5-10,12H,1,11,13H2,2-4H3,(H,24,28). The van der Waals surface area contributed by atoms with E-state index >= 15 is 0 Å². The van der Waals surface area contributed by atoms with Crippen LogP contribution in [0.2, 0.25) is 0 Å². The Hall–Kier alpha value is -2.58. The summed E-state index contributed by atoms with van der Waals surface area (Å²) in [7, 11) is 1.63. The molecule has 6 nitrogen and oxygen atoms in total. The van der Waals surface area contributed by atoms with Gasteiger partial charge in [-0.1, -0.05) is 45.9 Å². The summed E-state index contributed by atoms with van der Waals surface area (Å²) in [5.74, 6) is 1.58. The Morgan fingerprint density at radius 2 is 2.07 bits per heavy atom. The van der Waals surface area contributed by atoms with Crippen LogP contribution in [-0.2, 0) is 11.3 Å². The first kappa shape index (κ1) is 22.1. The molecule has 2 aromatic carbocycles. The lowest BCUT2D eigenvalue weighted by Crippen LogP contribution is -2.15. The van der Waals surface area contributed by atoms with Gasteiger partial charge in [0.1, 0.15) is 5.75 Å². The monoisotopic (exact) mass is 486 g/mol. The summed E-state index contributed by atoms with van der Waals surface area (Å²) in [6, 6.07) is 11.5. The topological polar surface area (TPSA) is 69.0 Å². The van der Waals surface area contributed by atoms with E-state index in [2.05, 4.69) is 38.0 Å². The van der Waals surface area contributed by atoms with Crippen LogP contribution in [0.4, 0.5) is 5.69 Å². The van der Waals surface area contributed by atoms with E-state index < -0.39 is 0 Å². The summed E-state index contributed by atoms with van der Waals surface area (Å²) < 4.78 is 8.27. The summed E-state index contributed by atoms with van der Waals surface area (Å²) >= 11 is 4.85. The van der Waals surface area contributed by atoms with Crippen molar-refractivity contribution < 1.29 is 9.53 Å². The lowest BCUT2D eigenvalue weighted by atomic mass is 10.1. The molecule has 0 saturated heterocycles. The van der Waals surface area contributed by atoms with Crippen LogP contribution in [0.15, 0.2) is 58.7 Å². The van der Waals surface area contributed by atoms with Gasteiger partial charge in [0.05, 0.1) is 12.9 Å². The number of allylic oxidation sites excluding steroid dienone is 1. The number of benzene rings is 2. The summed E-state index contributed by atoms with van der Waals surface area (Å²) in [6.45, 7) is 8.37. The van der Waals surface area contributed by atoms with Gasteiger partial charge in [-0.15, -0.1) is 16.8 Å². The SMILES string of the molecule is C=CCn1c(SCC(=O)Nc2ccc(Br)c(C)c2C)nnc1-c1cccc(OC)c1. The van der Waals surface area contributed by atoms with Gasteiger partial charge < -0.3 is 10.1 Å². The van der Waals surface area contributed by atoms with E-state index in [1.54, 1.807) is 13.2 Å². The summed E-state index contributed by atoms with van der Waals surface area (Å²) in [6.07, 6.45) is 1.78. The number of amides is 1. The molecule has 30 heavy (non-hydrogen) atoms. The van der Waals surface area contributed by atoms with Crippen molar-refractivity contribution in [3.63, 3.8) is 0 Å². The maximum Gasteiger partial charge on any atom is 0.234 e. The second-order valence-corrected chi connectivity index (χ2v) is 8.42. The van der Waals surface area contributed by atoms with Crippen LogP contribution in [0.25, 0.3) is 11.4 Å². The van der Waals surface area contributed by atoms with E-state index in [0.29, 0.717) is 17.5 Å². The van der Waals surface area contributed by atoms with Crippen molar-refractivity contribution in [2.24, 2.45) is 0 Å². The zero-order chi connectivity index (χ0) is 21.7. The van der Waals surface area contributed by atoms with E-state index in [0.717, 1.165) is 32.6 Å². The number of nitrogens with one attached hydrogen (secondary N) is 1. The van der Waals surface area contributed by atoms with Crippen LogP contribution in [-0.4, -0.2) is 33.5 Å². The normalized spacial score (nSPS) is 10.7. The predicted molar refractivity (Wildman–Crippen MR) is 125 cm³/mol. The Morgan fingerprint density at radius 1 is 1.27 bits per heavy atom. The van der Waals surface area contributed by atoms with Crippen molar-refractivity contribution in [1.29, 1.82) is 0 Å². The number of hydrogen-bond donors (Lipinski definition) is 1. The number of methoxy groups -OCH3 is 1. The number of aromatic nitrogens is 3. The number of anilines is 1. The molecule has 0 radical (unpaired) electrons. The molecule has 1 heterocycles. The Kier molecular flexibility index (Phi) is 7.33. The molecule has 0 spiro atoms. The second-order valence-electron chi connectivity index (χ2n) is 6.62. The van der Waals surface area contributed by atoms with Gasteiger partial charge in [0, 0.05) is 22.3 Å². The van der Waals surface area contributed by atoms with E-state index in [1.807, 2.05) is 54.8 Å². The highest BCUT2D eigenvalue weighted by molar-refractivity contribution is 9.10. The van der Waals surface area contributed by atoms with E-state index in [9.17, 15) is 4.79 Å². The third-order valence-corrected chi connectivity index (χ3v) is 6.51. The van der Waals surface area contributed by atoms with Crippen molar-refractivity contribution >= 4 is 39.3 Å². The van der Waals surface area contributed by atoms with Crippen LogP contribution >= 0.6 is 27.7 Å². The minimum atomic E-state index is -0.0964. The fourth-order valence-corrected chi connectivity index (χ4v) is 4.08. The van der Waals surface area contributed by atoms with E-state index in [1.165, 1.54) is 11.8 Å². The highest BCUT2D eigenvalue weighted by Gasteiger charge is 2.16. The number of nitrogens with zero attached hydrogens (tertiary/aromatic N) is 3. The average Bonchev–Trinajstić information content (AvgIpc) is 3.15. The predicted octanol–water partition coefficient (Wildman–Crippen LogP) is 5.25. The maximum atomic E-state index is 12.5. The number of hydrogen-bond acceptors (Lipinski definition) is 5. The van der Waals surface area contributed by atoms with Crippen LogP contribution < -0.4 is 10.1 Å². The van der Waals surface area contributed by atoms with Gasteiger partial charge in [0.25, 0.3) is 0 Å². The maximum absolute atomic E-state index is 12.5. The fourth-order valence-electron chi connectivity index (χ4n) is 2.90. The fraction of sp³-hybridized carbons (Fsp3) is 0.227. The molecule has 0 aliphatic heterocycles. The van der Waals surface area contributed by atoms with Crippen molar-refractivity contribution in [2.75, 3.05) is 18.2 Å². The third-order valence-electron chi connectivity index (χ3n) is 4.68. The van der Waals surface area contributed by atoms with Gasteiger partial charge in [0.2, 0.25) is 5.91 Å². The van der Waals surface area contributed by atoms with Gasteiger partial charge in [-0.2, -0.15) is 0 Å². The van der Waals surface area contributed by atoms with Crippen molar-refractivity contribution in [3.8, 4) is 17.1 Å². The minimum Gasteiger partial charge on any atom is -0.497 e. The molecule has 1 amide bonds. The highest BCUT2D eigenvalue weighted by Crippen LogP contribution is 2.28. The molecule has 0 unspecified atom stereocenters. The van der Waals surface area contributed by atoms with Gasteiger partial charge in [0.15, 0.2) is 11.0 Å². The van der Waals surface area contributed by atoms with Gasteiger partial charge >= 0.3 is 0 Å². The Balaban J connectivity index is 1.75.